The summed E-state index contributed by atoms with van der Waals surface area (Å²) in [6, 6.07) is 0.659. The average molecular weight is 264 g/mol. The minimum absolute atomic E-state index is 0.659. The van der Waals surface area contributed by atoms with E-state index in [2.05, 4.69) is 46.7 Å². The molecule has 4 heteroatoms. The quantitative estimate of drug-likeness (QED) is 0.766. The topological polar surface area (TPSA) is 33.1 Å². The van der Waals surface area contributed by atoms with E-state index in [1.165, 1.54) is 18.7 Å². The Kier molecular flexibility index (Phi) is 5.40. The zero-order valence-corrected chi connectivity index (χ0v) is 12.6. The van der Waals surface area contributed by atoms with Crippen LogP contribution in [0.5, 0.6) is 0 Å². The molecule has 4 nitrogen and oxygen atoms in total. The second-order valence-electron chi connectivity index (χ2n) is 6.10. The van der Waals surface area contributed by atoms with E-state index in [0.717, 1.165) is 38.6 Å². The van der Waals surface area contributed by atoms with E-state index >= 15 is 0 Å². The van der Waals surface area contributed by atoms with E-state index in [1.54, 1.807) is 0 Å². The summed E-state index contributed by atoms with van der Waals surface area (Å²) in [5, 5.41) is 3.52. The van der Waals surface area contributed by atoms with Crippen molar-refractivity contribution in [1.82, 2.24) is 19.8 Å². The molecule has 1 aliphatic rings. The zero-order chi connectivity index (χ0) is 13.7. The van der Waals surface area contributed by atoms with Crippen molar-refractivity contribution in [3.8, 4) is 0 Å². The first kappa shape index (κ1) is 14.5. The molecule has 1 aliphatic heterocycles. The van der Waals surface area contributed by atoms with E-state index < -0.39 is 0 Å². The van der Waals surface area contributed by atoms with Gasteiger partial charge in [0.05, 0.1) is 6.54 Å². The summed E-state index contributed by atoms with van der Waals surface area (Å²) in [5.41, 5.74) is 0. The van der Waals surface area contributed by atoms with E-state index in [4.69, 9.17) is 0 Å². The highest BCUT2D eigenvalue weighted by molar-refractivity contribution is 4.96. The van der Waals surface area contributed by atoms with E-state index in [9.17, 15) is 0 Å². The Morgan fingerprint density at radius 2 is 2.16 bits per heavy atom. The molecule has 0 bridgehead atoms. The van der Waals surface area contributed by atoms with Gasteiger partial charge in [-0.2, -0.15) is 0 Å². The molecule has 1 unspecified atom stereocenters. The molecule has 2 rings (SSSR count). The Morgan fingerprint density at radius 1 is 1.32 bits per heavy atom. The second-order valence-corrected chi connectivity index (χ2v) is 6.10. The van der Waals surface area contributed by atoms with Gasteiger partial charge in [0.1, 0.15) is 5.82 Å². The monoisotopic (exact) mass is 264 g/mol. The van der Waals surface area contributed by atoms with Crippen molar-refractivity contribution in [2.24, 2.45) is 5.92 Å². The first-order valence-electron chi connectivity index (χ1n) is 7.61. The van der Waals surface area contributed by atoms with Crippen molar-refractivity contribution < 1.29 is 0 Å². The molecule has 108 valence electrons. The lowest BCUT2D eigenvalue weighted by atomic mass is 10.1. The molecule has 2 heterocycles. The van der Waals surface area contributed by atoms with Crippen molar-refractivity contribution in [1.29, 1.82) is 0 Å². The standard InChI is InChI=1S/C15H28N4/c1-13(2)11-16-6-4-5-14(3)19-10-9-18-8-7-17-15(18)12-19/h7-8,13-14,16H,4-6,9-12H2,1-3H3. The molecule has 0 saturated carbocycles. The highest BCUT2D eigenvalue weighted by atomic mass is 15.2. The molecule has 0 amide bonds. The third-order valence-corrected chi connectivity index (χ3v) is 3.93. The Bertz CT molecular complexity index is 372. The molecule has 0 radical (unpaired) electrons. The third kappa shape index (κ3) is 4.32. The molecule has 0 saturated heterocycles. The number of rotatable bonds is 7. The van der Waals surface area contributed by atoms with Crippen LogP contribution in [-0.4, -0.2) is 40.1 Å². The normalized spacial score (nSPS) is 17.7. The smallest absolute Gasteiger partial charge is 0.122 e. The van der Waals surface area contributed by atoms with Crippen LogP contribution >= 0.6 is 0 Å². The molecule has 0 fully saturated rings. The Morgan fingerprint density at radius 3 is 2.95 bits per heavy atom. The highest BCUT2D eigenvalue weighted by Crippen LogP contribution is 2.15. The summed E-state index contributed by atoms with van der Waals surface area (Å²) in [5.74, 6) is 1.97. The fourth-order valence-corrected chi connectivity index (χ4v) is 2.66. The number of fused-ring (bicyclic) bond motifs is 1. The maximum atomic E-state index is 4.43. The number of imidazole rings is 1. The van der Waals surface area contributed by atoms with Gasteiger partial charge in [0, 0.05) is 31.5 Å². The van der Waals surface area contributed by atoms with Crippen molar-refractivity contribution in [3.63, 3.8) is 0 Å². The summed E-state index contributed by atoms with van der Waals surface area (Å²) < 4.78 is 2.27. The zero-order valence-electron chi connectivity index (χ0n) is 12.6. The van der Waals surface area contributed by atoms with Crippen LogP contribution in [0, 0.1) is 5.92 Å². The van der Waals surface area contributed by atoms with Crippen molar-refractivity contribution in [2.75, 3.05) is 19.6 Å². The SMILES string of the molecule is CC(C)CNCCCC(C)N1CCn2ccnc2C1. The first-order valence-corrected chi connectivity index (χ1v) is 7.61. The predicted octanol–water partition coefficient (Wildman–Crippen LogP) is 2.11. The third-order valence-electron chi connectivity index (χ3n) is 3.93. The molecule has 0 aliphatic carbocycles. The lowest BCUT2D eigenvalue weighted by Gasteiger charge is -2.32. The van der Waals surface area contributed by atoms with Gasteiger partial charge in [0.25, 0.3) is 0 Å². The number of nitrogens with zero attached hydrogens (tertiary/aromatic N) is 3. The van der Waals surface area contributed by atoms with Crippen LogP contribution in [0.25, 0.3) is 0 Å². The van der Waals surface area contributed by atoms with E-state index in [1.807, 2.05) is 6.20 Å². The van der Waals surface area contributed by atoms with Crippen LogP contribution in [0.3, 0.4) is 0 Å². The van der Waals surface area contributed by atoms with Crippen LogP contribution in [0.15, 0.2) is 12.4 Å². The van der Waals surface area contributed by atoms with Crippen molar-refractivity contribution in [2.45, 2.75) is 52.7 Å². The molecule has 1 aromatic rings. The van der Waals surface area contributed by atoms with Crippen molar-refractivity contribution in [3.05, 3.63) is 18.2 Å². The number of hydrogen-bond donors (Lipinski definition) is 1. The summed E-state index contributed by atoms with van der Waals surface area (Å²) in [6.07, 6.45) is 6.54. The van der Waals surface area contributed by atoms with Gasteiger partial charge >= 0.3 is 0 Å². The first-order chi connectivity index (χ1) is 9.16. The summed E-state index contributed by atoms with van der Waals surface area (Å²) in [6.45, 7) is 12.4. The Labute approximate surface area is 117 Å². The minimum atomic E-state index is 0.659. The van der Waals surface area contributed by atoms with Crippen LogP contribution in [0.4, 0.5) is 0 Å². The average Bonchev–Trinajstić information content (AvgIpc) is 2.84. The van der Waals surface area contributed by atoms with Gasteiger partial charge in [-0.3, -0.25) is 4.90 Å². The second kappa shape index (κ2) is 7.06. The summed E-state index contributed by atoms with van der Waals surface area (Å²) in [4.78, 5) is 6.99. The summed E-state index contributed by atoms with van der Waals surface area (Å²) in [7, 11) is 0. The van der Waals surface area contributed by atoms with Gasteiger partial charge in [-0.1, -0.05) is 13.8 Å². The molecule has 19 heavy (non-hydrogen) atoms. The lowest BCUT2D eigenvalue weighted by Crippen LogP contribution is -2.40. The van der Waals surface area contributed by atoms with Gasteiger partial charge in [0.15, 0.2) is 0 Å². The number of aromatic nitrogens is 2. The van der Waals surface area contributed by atoms with E-state index in [0.29, 0.717) is 6.04 Å². The Hall–Kier alpha value is -0.870. The maximum absolute atomic E-state index is 4.43. The molecule has 1 aromatic heterocycles. The molecular formula is C15H28N4. The molecule has 0 aromatic carbocycles. The molecule has 1 atom stereocenters. The van der Waals surface area contributed by atoms with Gasteiger partial charge in [-0.25, -0.2) is 4.98 Å². The van der Waals surface area contributed by atoms with E-state index in [-0.39, 0.29) is 0 Å². The van der Waals surface area contributed by atoms with Crippen LogP contribution in [-0.2, 0) is 13.1 Å². The fraction of sp³-hybridized carbons (Fsp3) is 0.800. The molecular weight excluding hydrogens is 236 g/mol. The number of hydrogen-bond acceptors (Lipinski definition) is 3. The van der Waals surface area contributed by atoms with Crippen LogP contribution in [0.1, 0.15) is 39.4 Å². The maximum Gasteiger partial charge on any atom is 0.122 e. The lowest BCUT2D eigenvalue weighted by molar-refractivity contribution is 0.154. The van der Waals surface area contributed by atoms with Crippen LogP contribution in [0.2, 0.25) is 0 Å². The predicted molar refractivity (Wildman–Crippen MR) is 79.0 cm³/mol. The minimum Gasteiger partial charge on any atom is -0.333 e. The Balaban J connectivity index is 1.66. The van der Waals surface area contributed by atoms with Gasteiger partial charge < -0.3 is 9.88 Å². The fourth-order valence-electron chi connectivity index (χ4n) is 2.66. The molecule has 1 N–H and O–H groups in total. The van der Waals surface area contributed by atoms with Gasteiger partial charge in [-0.15, -0.1) is 0 Å². The van der Waals surface area contributed by atoms with Gasteiger partial charge in [0.2, 0.25) is 0 Å². The number of nitrogens with one attached hydrogen (secondary N) is 1. The largest absolute Gasteiger partial charge is 0.333 e. The molecule has 0 spiro atoms. The van der Waals surface area contributed by atoms with Crippen molar-refractivity contribution >= 4 is 0 Å². The highest BCUT2D eigenvalue weighted by Gasteiger charge is 2.20. The van der Waals surface area contributed by atoms with Crippen LogP contribution < -0.4 is 5.32 Å². The van der Waals surface area contributed by atoms with Gasteiger partial charge in [-0.05, 0) is 38.8 Å². The summed E-state index contributed by atoms with van der Waals surface area (Å²) >= 11 is 0.